The molecule has 2 aliphatic carbocycles. The van der Waals surface area contributed by atoms with Crippen LogP contribution in [0.5, 0.6) is 5.75 Å². The fraction of sp³-hybridized carbons (Fsp3) is 0.581. The van der Waals surface area contributed by atoms with E-state index in [9.17, 15) is 29.1 Å². The maximum atomic E-state index is 13.9. The second-order valence-electron chi connectivity index (χ2n) is 12.8. The number of fused-ring (bicyclic) bond motifs is 9. The zero-order valence-corrected chi connectivity index (χ0v) is 25.7. The average molecular weight is 626 g/mol. The molecule has 1 aromatic heterocycles. The number of carboxylic acids is 1. The molecule has 7 rings (SSSR count). The highest BCUT2D eigenvalue weighted by Gasteiger charge is 2.70. The maximum Gasteiger partial charge on any atom is 0.327 e. The van der Waals surface area contributed by atoms with Gasteiger partial charge in [-0.2, -0.15) is 0 Å². The molecule has 12 heteroatoms. The number of amides is 3. The molecular weight excluding hydrogens is 590 g/mol. The first-order valence-electron chi connectivity index (χ1n) is 15.2. The van der Waals surface area contributed by atoms with Crippen LogP contribution in [0.4, 0.5) is 0 Å². The average Bonchev–Trinajstić information content (AvgIpc) is 3.72. The van der Waals surface area contributed by atoms with Crippen molar-refractivity contribution in [2.75, 3.05) is 19.7 Å². The van der Waals surface area contributed by atoms with Gasteiger partial charge in [-0.15, -0.1) is 11.8 Å². The van der Waals surface area contributed by atoms with Gasteiger partial charge >= 0.3 is 10.8 Å². The van der Waals surface area contributed by atoms with Gasteiger partial charge in [0.25, 0.3) is 5.91 Å². The number of rotatable bonds is 7. The van der Waals surface area contributed by atoms with E-state index in [4.69, 9.17) is 4.74 Å². The van der Waals surface area contributed by atoms with Gasteiger partial charge in [-0.25, -0.2) is 4.79 Å². The molecule has 5 aliphatic rings. The van der Waals surface area contributed by atoms with Gasteiger partial charge < -0.3 is 19.7 Å². The van der Waals surface area contributed by atoms with Crippen molar-refractivity contribution >= 4 is 46.8 Å². The molecule has 2 saturated heterocycles. The van der Waals surface area contributed by atoms with Crippen molar-refractivity contribution in [2.24, 2.45) is 35.5 Å². The predicted octanol–water partition coefficient (Wildman–Crippen LogP) is 3.41. The number of hydrogen-bond acceptors (Lipinski definition) is 8. The number of para-hydroxylation sites is 1. The number of aromatic amines is 1. The Morgan fingerprint density at radius 2 is 1.74 bits per heavy atom. The molecule has 228 valence electrons. The number of benzene rings is 1. The number of hydrogen-bond donors (Lipinski definition) is 2. The Morgan fingerprint density at radius 3 is 2.44 bits per heavy atom. The second kappa shape index (κ2) is 10.8. The molecule has 7 unspecified atom stereocenters. The van der Waals surface area contributed by atoms with E-state index >= 15 is 0 Å². The van der Waals surface area contributed by atoms with Gasteiger partial charge in [0.2, 0.25) is 11.8 Å². The quantitative estimate of drug-likeness (QED) is 0.447. The Hall–Kier alpha value is -3.12. The summed E-state index contributed by atoms with van der Waals surface area (Å²) in [4.78, 5) is 72.1. The van der Waals surface area contributed by atoms with Gasteiger partial charge in [0.05, 0.1) is 16.9 Å². The van der Waals surface area contributed by atoms with Gasteiger partial charge in [-0.3, -0.25) is 24.1 Å². The fourth-order valence-electron chi connectivity index (χ4n) is 8.60. The van der Waals surface area contributed by atoms with Crippen molar-refractivity contribution < 1.29 is 29.0 Å². The van der Waals surface area contributed by atoms with E-state index < -0.39 is 29.8 Å². The number of carbonyl (C=O) groups excluding carboxylic acids is 3. The third-order valence-corrected chi connectivity index (χ3v) is 12.8. The summed E-state index contributed by atoms with van der Waals surface area (Å²) < 4.78 is 6.21. The third kappa shape index (κ3) is 4.46. The minimum Gasteiger partial charge on any atom is -0.483 e. The molecule has 2 saturated carbocycles. The maximum absolute atomic E-state index is 13.9. The van der Waals surface area contributed by atoms with E-state index in [1.165, 1.54) is 0 Å². The molecule has 2 bridgehead atoms. The summed E-state index contributed by atoms with van der Waals surface area (Å²) in [6.45, 7) is 4.84. The van der Waals surface area contributed by atoms with E-state index in [2.05, 4.69) is 4.98 Å². The van der Waals surface area contributed by atoms with Crippen LogP contribution in [0.15, 0.2) is 34.1 Å². The number of thiazole rings is 1. The van der Waals surface area contributed by atoms with E-state index in [0.29, 0.717) is 12.2 Å². The van der Waals surface area contributed by atoms with Crippen LogP contribution in [0.25, 0.3) is 0 Å². The number of carboxylic acid groups (broad SMARTS) is 1. The number of ether oxygens (including phenoxy) is 1. The number of carbonyl (C=O) groups is 4. The number of aliphatic carboxylic acids is 1. The number of nitrogens with one attached hydrogen (secondary N) is 1. The van der Waals surface area contributed by atoms with Crippen LogP contribution in [0, 0.1) is 35.5 Å². The van der Waals surface area contributed by atoms with E-state index in [1.54, 1.807) is 25.6 Å². The monoisotopic (exact) mass is 625 g/mol. The molecule has 2 aromatic rings. The van der Waals surface area contributed by atoms with E-state index in [0.717, 1.165) is 64.1 Å². The lowest BCUT2D eigenvalue weighted by atomic mass is 9.68. The molecule has 3 aliphatic heterocycles. The van der Waals surface area contributed by atoms with Crippen LogP contribution in [0.3, 0.4) is 0 Å². The fourth-order valence-corrected chi connectivity index (χ4v) is 11.5. The Morgan fingerprint density at radius 1 is 1.05 bits per heavy atom. The third-order valence-electron chi connectivity index (χ3n) is 10.2. The predicted molar refractivity (Wildman–Crippen MR) is 159 cm³/mol. The second-order valence-corrected chi connectivity index (χ2v) is 15.0. The first-order valence-corrected chi connectivity index (χ1v) is 16.9. The Kier molecular flexibility index (Phi) is 7.19. The van der Waals surface area contributed by atoms with E-state index in [1.807, 2.05) is 29.2 Å². The molecule has 0 radical (unpaired) electrons. The van der Waals surface area contributed by atoms with Crippen molar-refractivity contribution in [1.29, 1.82) is 0 Å². The van der Waals surface area contributed by atoms with Gasteiger partial charge in [0.1, 0.15) is 11.8 Å². The molecule has 0 spiro atoms. The molecule has 3 amide bonds. The van der Waals surface area contributed by atoms with Crippen LogP contribution in [0.1, 0.15) is 55.9 Å². The SMILES string of the molecule is CC(C)C(C(=O)O)N1C(=O)C2C3CC(C2C1=O)C1C3Sc2[nH]c(=O)sc2[C@@H]1c1ccccc1OCC(=O)N1CCCCC1. The zero-order valence-electron chi connectivity index (χ0n) is 24.1. The normalized spacial score (nSPS) is 31.7. The van der Waals surface area contributed by atoms with Crippen molar-refractivity contribution in [3.63, 3.8) is 0 Å². The molecule has 4 heterocycles. The minimum atomic E-state index is -1.19. The molecule has 4 fully saturated rings. The number of thioether (sulfide) groups is 1. The smallest absolute Gasteiger partial charge is 0.327 e. The van der Waals surface area contributed by atoms with Crippen LogP contribution >= 0.6 is 23.1 Å². The highest BCUT2D eigenvalue weighted by atomic mass is 32.2. The number of imide groups is 1. The van der Waals surface area contributed by atoms with Crippen LogP contribution in [-0.4, -0.2) is 74.6 Å². The number of piperidine rings is 1. The van der Waals surface area contributed by atoms with Crippen molar-refractivity contribution in [2.45, 2.75) is 61.8 Å². The lowest BCUT2D eigenvalue weighted by Gasteiger charge is -2.43. The molecule has 1 aromatic carbocycles. The molecule has 2 N–H and O–H groups in total. The van der Waals surface area contributed by atoms with Crippen molar-refractivity contribution in [3.05, 3.63) is 44.4 Å². The summed E-state index contributed by atoms with van der Waals surface area (Å²) in [7, 11) is 0. The van der Waals surface area contributed by atoms with E-state index in [-0.39, 0.29) is 58.1 Å². The first-order chi connectivity index (χ1) is 20.7. The summed E-state index contributed by atoms with van der Waals surface area (Å²) in [6, 6.07) is 6.42. The topological polar surface area (TPSA) is 137 Å². The molecule has 8 atom stereocenters. The highest BCUT2D eigenvalue weighted by molar-refractivity contribution is 8.00. The highest BCUT2D eigenvalue weighted by Crippen LogP contribution is 2.69. The van der Waals surface area contributed by atoms with Crippen molar-refractivity contribution in [3.8, 4) is 5.75 Å². The van der Waals surface area contributed by atoms with Gasteiger partial charge in [0, 0.05) is 34.7 Å². The van der Waals surface area contributed by atoms with Crippen molar-refractivity contribution in [1.82, 2.24) is 14.8 Å². The van der Waals surface area contributed by atoms with Crippen LogP contribution in [-0.2, 0) is 19.2 Å². The van der Waals surface area contributed by atoms with Crippen LogP contribution in [0.2, 0.25) is 0 Å². The Labute approximate surface area is 257 Å². The Balaban J connectivity index is 1.24. The summed E-state index contributed by atoms with van der Waals surface area (Å²) in [6.07, 6.45) is 3.82. The number of likely N-dealkylation sites (tertiary alicyclic amines) is 2. The summed E-state index contributed by atoms with van der Waals surface area (Å²) in [5.41, 5.74) is 0.865. The zero-order chi connectivity index (χ0) is 30.2. The first kappa shape index (κ1) is 28.6. The lowest BCUT2D eigenvalue weighted by molar-refractivity contribution is -0.157. The largest absolute Gasteiger partial charge is 0.483 e. The molecular formula is C31H35N3O7S2. The lowest BCUT2D eigenvalue weighted by Crippen LogP contribution is -2.49. The summed E-state index contributed by atoms with van der Waals surface area (Å²) >= 11 is 2.74. The Bertz CT molecular complexity index is 1550. The number of aromatic nitrogens is 1. The molecule has 10 nitrogen and oxygen atoms in total. The van der Waals surface area contributed by atoms with Gasteiger partial charge in [-0.05, 0) is 55.4 Å². The number of H-pyrrole nitrogens is 1. The number of nitrogens with zero attached hydrogens (tertiary/aromatic N) is 2. The summed E-state index contributed by atoms with van der Waals surface area (Å²) in [5, 5.41) is 10.7. The van der Waals surface area contributed by atoms with Crippen LogP contribution < -0.4 is 9.61 Å². The van der Waals surface area contributed by atoms with Gasteiger partial charge in [0.15, 0.2) is 6.61 Å². The summed E-state index contributed by atoms with van der Waals surface area (Å²) in [5.74, 6) is -3.50. The standard InChI is InChI=1S/C31H35N3O7S2/c1-14(2)24(30(38)39)34-28(36)22-16-12-17(23(22)29(34)37)25-21(16)20(26-27(42-25)32-31(40)43-26)15-8-4-5-9-18(15)41-13-19(35)33-10-6-3-7-11-33/h4-5,8-9,14,16-17,20-25H,3,6-7,10-13H2,1-2H3,(H,32,40)(H,38,39)/t16?,17?,20-,21?,22?,23?,24?,25?/m1/s1. The molecule has 43 heavy (non-hydrogen) atoms. The minimum absolute atomic E-state index is 0.0314. The van der Waals surface area contributed by atoms with Gasteiger partial charge in [-0.1, -0.05) is 43.4 Å².